The number of nitrogens with zero attached hydrogens (tertiary/aromatic N) is 2. The number of nitrogens with two attached hydrogens (primary N) is 2. The van der Waals surface area contributed by atoms with Crippen LogP contribution in [-0.2, 0) is 6.54 Å². The molecule has 0 aliphatic heterocycles. The van der Waals surface area contributed by atoms with E-state index in [1.165, 1.54) is 6.20 Å². The number of anilines is 1. The molecule has 0 saturated carbocycles. The van der Waals surface area contributed by atoms with Crippen molar-refractivity contribution in [2.45, 2.75) is 13.5 Å². The van der Waals surface area contributed by atoms with Crippen molar-refractivity contribution < 1.29 is 0 Å². The maximum atomic E-state index is 13.0. The summed E-state index contributed by atoms with van der Waals surface area (Å²) in [5, 5.41) is 3.88. The van der Waals surface area contributed by atoms with Crippen molar-refractivity contribution in [3.8, 4) is 11.1 Å². The Balaban J connectivity index is 2.12. The van der Waals surface area contributed by atoms with Crippen LogP contribution in [0, 0.1) is 0 Å². The lowest BCUT2D eigenvalue weighted by molar-refractivity contribution is 0.761. The summed E-state index contributed by atoms with van der Waals surface area (Å²) in [4.78, 5) is 17.3. The quantitative estimate of drug-likeness (QED) is 0.616. The number of hydrogen-bond donors (Lipinski definition) is 3. The van der Waals surface area contributed by atoms with Gasteiger partial charge in [0.2, 0.25) is 0 Å². The zero-order valence-electron chi connectivity index (χ0n) is 14.5. The van der Waals surface area contributed by atoms with Crippen LogP contribution in [0.15, 0.2) is 77.6 Å². The van der Waals surface area contributed by atoms with Gasteiger partial charge in [0.25, 0.3) is 5.56 Å². The third-order valence-electron chi connectivity index (χ3n) is 4.04. The van der Waals surface area contributed by atoms with Crippen LogP contribution in [0.2, 0.25) is 0 Å². The first-order chi connectivity index (χ1) is 12.6. The molecule has 5 N–H and O–H groups in total. The molecule has 0 aliphatic carbocycles. The van der Waals surface area contributed by atoms with Gasteiger partial charge in [0.05, 0.1) is 5.52 Å². The standard InChI is InChI=1S/C20H21N5O/c1-2-25-17-12-19(24-18(22)9-6-10-21)23-13-15(17)11-16(20(25)26)14-7-4-3-5-8-14/h3-13H,2,21-22H2,1H3,(H,23,24)/b10-6-,18-9+. The normalized spacial score (nSPS) is 12.0. The number of hydrogen-bond acceptors (Lipinski definition) is 5. The Morgan fingerprint density at radius 3 is 2.73 bits per heavy atom. The van der Waals surface area contributed by atoms with Crippen LogP contribution in [0.3, 0.4) is 0 Å². The molecule has 132 valence electrons. The zero-order valence-corrected chi connectivity index (χ0v) is 14.5. The summed E-state index contributed by atoms with van der Waals surface area (Å²) < 4.78 is 1.74. The number of aromatic nitrogens is 2. The molecule has 0 amide bonds. The van der Waals surface area contributed by atoms with E-state index in [-0.39, 0.29) is 5.56 Å². The van der Waals surface area contributed by atoms with Gasteiger partial charge >= 0.3 is 0 Å². The average Bonchev–Trinajstić information content (AvgIpc) is 2.66. The van der Waals surface area contributed by atoms with Crippen molar-refractivity contribution >= 4 is 16.7 Å². The first-order valence-corrected chi connectivity index (χ1v) is 8.34. The fourth-order valence-corrected chi connectivity index (χ4v) is 2.83. The second-order valence-electron chi connectivity index (χ2n) is 5.73. The molecule has 0 bridgehead atoms. The number of pyridine rings is 2. The lowest BCUT2D eigenvalue weighted by Crippen LogP contribution is -2.21. The van der Waals surface area contributed by atoms with E-state index in [1.807, 2.05) is 49.4 Å². The molecule has 0 fully saturated rings. The van der Waals surface area contributed by atoms with Gasteiger partial charge in [-0.1, -0.05) is 30.3 Å². The number of benzene rings is 1. The molecule has 6 heteroatoms. The molecule has 2 aromatic heterocycles. The Kier molecular flexibility index (Phi) is 5.03. The number of nitrogens with one attached hydrogen (secondary N) is 1. The summed E-state index contributed by atoms with van der Waals surface area (Å²) in [5.74, 6) is 0.968. The van der Waals surface area contributed by atoms with Gasteiger partial charge in [-0.25, -0.2) is 4.98 Å². The summed E-state index contributed by atoms with van der Waals surface area (Å²) >= 11 is 0. The summed E-state index contributed by atoms with van der Waals surface area (Å²) in [6.07, 6.45) is 6.39. The van der Waals surface area contributed by atoms with E-state index in [0.29, 0.717) is 23.7 Å². The van der Waals surface area contributed by atoms with E-state index in [9.17, 15) is 4.79 Å². The molecule has 1 aromatic carbocycles. The zero-order chi connectivity index (χ0) is 18.5. The highest BCUT2D eigenvalue weighted by Crippen LogP contribution is 2.22. The summed E-state index contributed by atoms with van der Waals surface area (Å²) in [6.45, 7) is 2.50. The van der Waals surface area contributed by atoms with Crippen molar-refractivity contribution in [1.29, 1.82) is 0 Å². The number of fused-ring (bicyclic) bond motifs is 1. The Labute approximate surface area is 151 Å². The molecular weight excluding hydrogens is 326 g/mol. The second kappa shape index (κ2) is 7.57. The summed E-state index contributed by atoms with van der Waals surface area (Å²) in [7, 11) is 0. The van der Waals surface area contributed by atoms with Gasteiger partial charge in [-0.15, -0.1) is 0 Å². The second-order valence-corrected chi connectivity index (χ2v) is 5.73. The third kappa shape index (κ3) is 3.44. The Hall–Kier alpha value is -3.54. The first kappa shape index (κ1) is 17.3. The van der Waals surface area contributed by atoms with Gasteiger partial charge in [0.15, 0.2) is 0 Å². The Bertz CT molecular complexity index is 1040. The number of allylic oxidation sites excluding steroid dienone is 2. The van der Waals surface area contributed by atoms with Gasteiger partial charge in [0.1, 0.15) is 11.6 Å². The molecule has 2 heterocycles. The van der Waals surface area contributed by atoms with Crippen molar-refractivity contribution in [1.82, 2.24) is 9.55 Å². The van der Waals surface area contributed by atoms with Crippen LogP contribution in [0.1, 0.15) is 6.92 Å². The number of aryl methyl sites for hydroxylation is 1. The fraction of sp³-hybridized carbons (Fsp3) is 0.100. The highest BCUT2D eigenvalue weighted by atomic mass is 16.1. The molecule has 6 nitrogen and oxygen atoms in total. The summed E-state index contributed by atoms with van der Waals surface area (Å²) in [6, 6.07) is 13.3. The van der Waals surface area contributed by atoms with E-state index in [2.05, 4.69) is 10.3 Å². The van der Waals surface area contributed by atoms with Gasteiger partial charge < -0.3 is 21.4 Å². The SMILES string of the molecule is CCn1c(=O)c(-c2ccccc2)cc2cnc(N/C(N)=C/C=C\N)cc21. The topological polar surface area (TPSA) is 99.0 Å². The molecule has 0 unspecified atom stereocenters. The number of rotatable bonds is 5. The van der Waals surface area contributed by atoms with Crippen molar-refractivity contribution in [3.63, 3.8) is 0 Å². The highest BCUT2D eigenvalue weighted by molar-refractivity contribution is 5.85. The lowest BCUT2D eigenvalue weighted by atomic mass is 10.1. The van der Waals surface area contributed by atoms with Crippen LogP contribution < -0.4 is 22.3 Å². The third-order valence-corrected chi connectivity index (χ3v) is 4.04. The summed E-state index contributed by atoms with van der Waals surface area (Å²) in [5.41, 5.74) is 13.5. The molecule has 0 radical (unpaired) electrons. The minimum absolute atomic E-state index is 0.0297. The van der Waals surface area contributed by atoms with Crippen molar-refractivity contribution in [2.24, 2.45) is 11.5 Å². The molecule has 0 spiro atoms. The van der Waals surface area contributed by atoms with Gasteiger partial charge in [-0.3, -0.25) is 4.79 Å². The largest absolute Gasteiger partial charge is 0.405 e. The smallest absolute Gasteiger partial charge is 0.258 e. The van der Waals surface area contributed by atoms with Crippen LogP contribution in [0.5, 0.6) is 0 Å². The predicted molar refractivity (Wildman–Crippen MR) is 106 cm³/mol. The Morgan fingerprint density at radius 2 is 2.04 bits per heavy atom. The van der Waals surface area contributed by atoms with E-state index in [4.69, 9.17) is 11.5 Å². The highest BCUT2D eigenvalue weighted by Gasteiger charge is 2.11. The Morgan fingerprint density at radius 1 is 1.27 bits per heavy atom. The molecule has 3 rings (SSSR count). The van der Waals surface area contributed by atoms with Crippen molar-refractivity contribution in [3.05, 3.63) is 83.2 Å². The van der Waals surface area contributed by atoms with E-state index >= 15 is 0 Å². The molecular formula is C20H21N5O. The first-order valence-electron chi connectivity index (χ1n) is 8.34. The average molecular weight is 347 g/mol. The lowest BCUT2D eigenvalue weighted by Gasteiger charge is -2.13. The molecule has 0 aliphatic rings. The maximum absolute atomic E-state index is 13.0. The van der Waals surface area contributed by atoms with Gasteiger partial charge in [-0.2, -0.15) is 0 Å². The van der Waals surface area contributed by atoms with E-state index in [1.54, 1.807) is 22.9 Å². The van der Waals surface area contributed by atoms with Crippen LogP contribution in [0.25, 0.3) is 22.0 Å². The maximum Gasteiger partial charge on any atom is 0.258 e. The van der Waals surface area contributed by atoms with Gasteiger partial charge in [-0.05, 0) is 36.9 Å². The molecule has 0 saturated heterocycles. The molecule has 26 heavy (non-hydrogen) atoms. The monoisotopic (exact) mass is 347 g/mol. The fourth-order valence-electron chi connectivity index (χ4n) is 2.83. The van der Waals surface area contributed by atoms with E-state index in [0.717, 1.165) is 16.5 Å². The van der Waals surface area contributed by atoms with Gasteiger partial charge in [0, 0.05) is 29.8 Å². The molecule has 3 aromatic rings. The molecule has 0 atom stereocenters. The van der Waals surface area contributed by atoms with Crippen LogP contribution in [-0.4, -0.2) is 9.55 Å². The van der Waals surface area contributed by atoms with Crippen LogP contribution >= 0.6 is 0 Å². The van der Waals surface area contributed by atoms with Crippen LogP contribution in [0.4, 0.5) is 5.82 Å². The van der Waals surface area contributed by atoms with E-state index < -0.39 is 0 Å². The minimum Gasteiger partial charge on any atom is -0.405 e. The van der Waals surface area contributed by atoms with Crippen molar-refractivity contribution in [2.75, 3.05) is 5.32 Å². The minimum atomic E-state index is -0.0297. The predicted octanol–water partition coefficient (Wildman–Crippen LogP) is 2.77.